The highest BCUT2D eigenvalue weighted by Crippen LogP contribution is 2.23. The second-order valence-corrected chi connectivity index (χ2v) is 5.64. The van der Waals surface area contributed by atoms with Gasteiger partial charge in [-0.2, -0.15) is 4.98 Å². The molecule has 1 N–H and O–H groups in total. The lowest BCUT2D eigenvalue weighted by atomic mass is 10.0. The lowest BCUT2D eigenvalue weighted by molar-refractivity contribution is 0.280. The van der Waals surface area contributed by atoms with E-state index < -0.39 is 0 Å². The predicted octanol–water partition coefficient (Wildman–Crippen LogP) is 2.91. The molecule has 0 fully saturated rings. The number of nitrogens with one attached hydrogen (secondary N) is 1. The zero-order valence-corrected chi connectivity index (χ0v) is 13.4. The molecule has 23 heavy (non-hydrogen) atoms. The quantitative estimate of drug-likeness (QED) is 0.748. The first-order valence-corrected chi connectivity index (χ1v) is 7.55. The molecule has 0 radical (unpaired) electrons. The zero-order chi connectivity index (χ0) is 16.2. The molecule has 7 heteroatoms. The van der Waals surface area contributed by atoms with Gasteiger partial charge < -0.3 is 8.94 Å². The van der Waals surface area contributed by atoms with E-state index in [0.29, 0.717) is 30.0 Å². The molecule has 1 atom stereocenters. The first-order chi connectivity index (χ1) is 11.1. The average molecular weight is 313 g/mol. The molecule has 0 aliphatic carbocycles. The van der Waals surface area contributed by atoms with Crippen LogP contribution in [0.2, 0.25) is 0 Å². The number of aryl methyl sites for hydroxylation is 1. The normalized spacial score (nSPS) is 12.7. The SMILES string of the molecule is Cc1nnc(CN[C@H](c2nc(-c3ccccc3)no2)C(C)C)o1. The Morgan fingerprint density at radius 3 is 2.57 bits per heavy atom. The standard InChI is InChI=1S/C16H19N5O2/c1-10(2)14(17-9-13-20-19-11(3)22-13)16-18-15(21-23-16)12-7-5-4-6-8-12/h4-8,10,14,17H,9H2,1-3H3/t14-/m0/s1. The maximum atomic E-state index is 5.45. The number of hydrogen-bond donors (Lipinski definition) is 1. The average Bonchev–Trinajstić information content (AvgIpc) is 3.18. The summed E-state index contributed by atoms with van der Waals surface area (Å²) in [6.07, 6.45) is 0. The molecule has 120 valence electrons. The van der Waals surface area contributed by atoms with E-state index in [1.54, 1.807) is 6.92 Å². The van der Waals surface area contributed by atoms with Crippen LogP contribution in [0.25, 0.3) is 11.4 Å². The van der Waals surface area contributed by atoms with Crippen LogP contribution in [-0.4, -0.2) is 20.3 Å². The van der Waals surface area contributed by atoms with Gasteiger partial charge in [-0.05, 0) is 5.92 Å². The molecule has 0 saturated heterocycles. The van der Waals surface area contributed by atoms with E-state index in [0.717, 1.165) is 5.56 Å². The Kier molecular flexibility index (Phi) is 4.47. The zero-order valence-electron chi connectivity index (χ0n) is 13.4. The number of nitrogens with zero attached hydrogens (tertiary/aromatic N) is 4. The Labute approximate surface area is 134 Å². The monoisotopic (exact) mass is 313 g/mol. The lowest BCUT2D eigenvalue weighted by Crippen LogP contribution is -2.25. The van der Waals surface area contributed by atoms with E-state index in [-0.39, 0.29) is 12.0 Å². The highest BCUT2D eigenvalue weighted by molar-refractivity contribution is 5.53. The van der Waals surface area contributed by atoms with Gasteiger partial charge in [0.2, 0.25) is 23.5 Å². The molecule has 2 aromatic heterocycles. The molecule has 1 aromatic carbocycles. The largest absolute Gasteiger partial charge is 0.424 e. The van der Waals surface area contributed by atoms with Crippen molar-refractivity contribution in [3.05, 3.63) is 48.0 Å². The minimum absolute atomic E-state index is 0.0906. The van der Waals surface area contributed by atoms with Crippen LogP contribution in [-0.2, 0) is 6.54 Å². The van der Waals surface area contributed by atoms with Crippen molar-refractivity contribution < 1.29 is 8.94 Å². The van der Waals surface area contributed by atoms with Crippen LogP contribution in [0.1, 0.15) is 37.6 Å². The van der Waals surface area contributed by atoms with Crippen molar-refractivity contribution in [3.63, 3.8) is 0 Å². The lowest BCUT2D eigenvalue weighted by Gasteiger charge is -2.17. The fourth-order valence-electron chi connectivity index (χ4n) is 2.28. The van der Waals surface area contributed by atoms with Gasteiger partial charge in [0.25, 0.3) is 0 Å². The molecule has 0 bridgehead atoms. The third kappa shape index (κ3) is 3.62. The van der Waals surface area contributed by atoms with Gasteiger partial charge in [0, 0.05) is 12.5 Å². The van der Waals surface area contributed by atoms with Crippen LogP contribution in [0.3, 0.4) is 0 Å². The van der Waals surface area contributed by atoms with Gasteiger partial charge in [-0.25, -0.2) is 0 Å². The van der Waals surface area contributed by atoms with Crippen molar-refractivity contribution in [1.82, 2.24) is 25.7 Å². The van der Waals surface area contributed by atoms with E-state index in [4.69, 9.17) is 8.94 Å². The predicted molar refractivity (Wildman–Crippen MR) is 83.2 cm³/mol. The Bertz CT molecular complexity index is 751. The van der Waals surface area contributed by atoms with Crippen LogP contribution < -0.4 is 5.32 Å². The first kappa shape index (κ1) is 15.4. The summed E-state index contributed by atoms with van der Waals surface area (Å²) in [6, 6.07) is 9.66. The highest BCUT2D eigenvalue weighted by Gasteiger charge is 2.23. The van der Waals surface area contributed by atoms with Gasteiger partial charge in [0.1, 0.15) is 0 Å². The second-order valence-electron chi connectivity index (χ2n) is 5.64. The van der Waals surface area contributed by atoms with Gasteiger partial charge in [-0.3, -0.25) is 5.32 Å². The molecule has 0 amide bonds. The van der Waals surface area contributed by atoms with Crippen LogP contribution in [0.4, 0.5) is 0 Å². The number of hydrogen-bond acceptors (Lipinski definition) is 7. The fraction of sp³-hybridized carbons (Fsp3) is 0.375. The molecular formula is C16H19N5O2. The molecule has 0 spiro atoms. The summed E-state index contributed by atoms with van der Waals surface area (Å²) in [5, 5.41) is 15.2. The van der Waals surface area contributed by atoms with Gasteiger partial charge in [0.05, 0.1) is 12.6 Å². The minimum Gasteiger partial charge on any atom is -0.424 e. The van der Waals surface area contributed by atoms with Crippen LogP contribution in [0.15, 0.2) is 39.3 Å². The Hall–Kier alpha value is -2.54. The summed E-state index contributed by atoms with van der Waals surface area (Å²) < 4.78 is 10.8. The third-order valence-corrected chi connectivity index (χ3v) is 3.45. The van der Waals surface area contributed by atoms with Gasteiger partial charge >= 0.3 is 0 Å². The molecule has 0 unspecified atom stereocenters. The summed E-state index contributed by atoms with van der Waals surface area (Å²) in [5.74, 6) is 2.49. The van der Waals surface area contributed by atoms with Crippen LogP contribution in [0, 0.1) is 12.8 Å². The summed E-state index contributed by atoms with van der Waals surface area (Å²) in [6.45, 7) is 6.39. The first-order valence-electron chi connectivity index (χ1n) is 7.55. The summed E-state index contributed by atoms with van der Waals surface area (Å²) in [5.41, 5.74) is 0.928. The van der Waals surface area contributed by atoms with Crippen molar-refractivity contribution >= 4 is 0 Å². The van der Waals surface area contributed by atoms with Crippen molar-refractivity contribution in [2.45, 2.75) is 33.4 Å². The van der Waals surface area contributed by atoms with E-state index in [1.165, 1.54) is 0 Å². The van der Waals surface area contributed by atoms with E-state index in [9.17, 15) is 0 Å². The maximum Gasteiger partial charge on any atom is 0.244 e. The van der Waals surface area contributed by atoms with Crippen molar-refractivity contribution in [2.24, 2.45) is 5.92 Å². The van der Waals surface area contributed by atoms with Gasteiger partial charge in [-0.15, -0.1) is 10.2 Å². The molecule has 0 aliphatic heterocycles. The molecule has 0 aliphatic rings. The van der Waals surface area contributed by atoms with E-state index in [1.807, 2.05) is 30.3 Å². The number of benzene rings is 1. The summed E-state index contributed by atoms with van der Waals surface area (Å²) in [4.78, 5) is 4.51. The fourth-order valence-corrected chi connectivity index (χ4v) is 2.28. The van der Waals surface area contributed by atoms with E-state index in [2.05, 4.69) is 39.5 Å². The molecular weight excluding hydrogens is 294 g/mol. The van der Waals surface area contributed by atoms with Crippen molar-refractivity contribution in [2.75, 3.05) is 0 Å². The highest BCUT2D eigenvalue weighted by atomic mass is 16.5. The maximum absolute atomic E-state index is 5.45. The molecule has 0 saturated carbocycles. The Morgan fingerprint density at radius 2 is 1.91 bits per heavy atom. The minimum atomic E-state index is -0.0906. The van der Waals surface area contributed by atoms with Crippen LogP contribution >= 0.6 is 0 Å². The second kappa shape index (κ2) is 6.70. The topological polar surface area (TPSA) is 89.9 Å². The Balaban J connectivity index is 1.75. The molecule has 3 rings (SSSR count). The third-order valence-electron chi connectivity index (χ3n) is 3.45. The van der Waals surface area contributed by atoms with Gasteiger partial charge in [-0.1, -0.05) is 49.3 Å². The molecule has 2 heterocycles. The van der Waals surface area contributed by atoms with Crippen molar-refractivity contribution in [3.8, 4) is 11.4 Å². The van der Waals surface area contributed by atoms with Crippen LogP contribution in [0.5, 0.6) is 0 Å². The summed E-state index contributed by atoms with van der Waals surface area (Å²) >= 11 is 0. The number of aromatic nitrogens is 4. The number of rotatable bonds is 6. The molecule has 7 nitrogen and oxygen atoms in total. The van der Waals surface area contributed by atoms with Gasteiger partial charge in [0.15, 0.2) is 0 Å². The summed E-state index contributed by atoms with van der Waals surface area (Å²) in [7, 11) is 0. The smallest absolute Gasteiger partial charge is 0.244 e. The Morgan fingerprint density at radius 1 is 1.13 bits per heavy atom. The molecule has 3 aromatic rings. The van der Waals surface area contributed by atoms with E-state index >= 15 is 0 Å². The van der Waals surface area contributed by atoms with Crippen molar-refractivity contribution in [1.29, 1.82) is 0 Å².